The van der Waals surface area contributed by atoms with Gasteiger partial charge >= 0.3 is 0 Å². The highest BCUT2D eigenvalue weighted by Crippen LogP contribution is 2.27. The van der Waals surface area contributed by atoms with Gasteiger partial charge in [-0.25, -0.2) is 4.98 Å². The van der Waals surface area contributed by atoms with Crippen LogP contribution < -0.4 is 0 Å². The molecule has 0 amide bonds. The predicted molar refractivity (Wildman–Crippen MR) is 64.2 cm³/mol. The van der Waals surface area contributed by atoms with Crippen molar-refractivity contribution in [3.8, 4) is 0 Å². The van der Waals surface area contributed by atoms with E-state index in [1.807, 2.05) is 18.2 Å². The van der Waals surface area contributed by atoms with Gasteiger partial charge in [0.05, 0.1) is 15.2 Å². The Bertz CT molecular complexity index is 428. The van der Waals surface area contributed by atoms with Crippen LogP contribution in [0.4, 0.5) is 0 Å². The summed E-state index contributed by atoms with van der Waals surface area (Å²) in [7, 11) is 0. The molecule has 0 aliphatic heterocycles. The predicted octanol–water partition coefficient (Wildman–Crippen LogP) is 2.86. The summed E-state index contributed by atoms with van der Waals surface area (Å²) in [6.45, 7) is 4.31. The molecule has 0 radical (unpaired) electrons. The molecule has 3 heteroatoms. The maximum absolute atomic E-state index is 9.21. The topological polar surface area (TPSA) is 33.1 Å². The maximum atomic E-state index is 9.21. The number of nitrogens with zero attached hydrogens (tertiary/aromatic N) is 1. The highest BCUT2D eigenvalue weighted by atomic mass is 32.1. The minimum Gasteiger partial charge on any atom is -0.396 e. The number of fused-ring (bicyclic) bond motifs is 1. The standard InChI is InChI=1S/C12H15NOS/c1-12(2,8-14)7-11-13-9-5-3-4-6-10(9)15-11/h3-6,14H,7-8H2,1-2H3. The number of hydrogen-bond donors (Lipinski definition) is 1. The molecule has 0 atom stereocenters. The summed E-state index contributed by atoms with van der Waals surface area (Å²) in [6.07, 6.45) is 0.836. The van der Waals surface area contributed by atoms with Crippen molar-refractivity contribution in [2.24, 2.45) is 5.41 Å². The molecule has 2 aromatic rings. The van der Waals surface area contributed by atoms with Crippen LogP contribution in [0.5, 0.6) is 0 Å². The molecule has 0 saturated carbocycles. The second-order valence-corrected chi connectivity index (χ2v) is 5.69. The Morgan fingerprint density at radius 1 is 1.33 bits per heavy atom. The average Bonchev–Trinajstić information content (AvgIpc) is 2.58. The lowest BCUT2D eigenvalue weighted by molar-refractivity contribution is 0.159. The van der Waals surface area contributed by atoms with Gasteiger partial charge < -0.3 is 5.11 Å². The number of thiazole rings is 1. The monoisotopic (exact) mass is 221 g/mol. The molecule has 0 aliphatic rings. The first kappa shape index (κ1) is 10.6. The fourth-order valence-corrected chi connectivity index (χ4v) is 2.69. The number of aliphatic hydroxyl groups is 1. The van der Waals surface area contributed by atoms with E-state index in [1.54, 1.807) is 11.3 Å². The van der Waals surface area contributed by atoms with Crippen LogP contribution in [0.1, 0.15) is 18.9 Å². The molecule has 0 bridgehead atoms. The molecule has 0 fully saturated rings. The Morgan fingerprint density at radius 3 is 2.73 bits per heavy atom. The van der Waals surface area contributed by atoms with Gasteiger partial charge in [-0.15, -0.1) is 11.3 Å². The summed E-state index contributed by atoms with van der Waals surface area (Å²) in [5, 5.41) is 10.3. The van der Waals surface area contributed by atoms with Crippen molar-refractivity contribution < 1.29 is 5.11 Å². The summed E-state index contributed by atoms with van der Waals surface area (Å²) in [6, 6.07) is 8.15. The Balaban J connectivity index is 2.30. The highest BCUT2D eigenvalue weighted by Gasteiger charge is 2.19. The van der Waals surface area contributed by atoms with Crippen molar-refractivity contribution in [3.05, 3.63) is 29.3 Å². The van der Waals surface area contributed by atoms with Gasteiger partial charge in [-0.3, -0.25) is 0 Å². The second kappa shape index (κ2) is 3.91. The van der Waals surface area contributed by atoms with Gasteiger partial charge in [0, 0.05) is 13.0 Å². The smallest absolute Gasteiger partial charge is 0.0944 e. The van der Waals surface area contributed by atoms with E-state index in [9.17, 15) is 5.11 Å². The Hall–Kier alpha value is -0.930. The SMILES string of the molecule is CC(C)(CO)Cc1nc2ccccc2s1. The molecule has 1 aromatic heterocycles. The molecule has 15 heavy (non-hydrogen) atoms. The van der Waals surface area contributed by atoms with E-state index in [4.69, 9.17) is 0 Å². The first-order valence-electron chi connectivity index (χ1n) is 5.06. The lowest BCUT2D eigenvalue weighted by Gasteiger charge is -2.19. The first-order chi connectivity index (χ1) is 7.11. The van der Waals surface area contributed by atoms with Crippen molar-refractivity contribution in [1.82, 2.24) is 4.98 Å². The Morgan fingerprint density at radius 2 is 2.07 bits per heavy atom. The summed E-state index contributed by atoms with van der Waals surface area (Å²) in [5.41, 5.74) is 0.986. The van der Waals surface area contributed by atoms with Gasteiger partial charge in [0.1, 0.15) is 0 Å². The van der Waals surface area contributed by atoms with Crippen LogP contribution in [0.3, 0.4) is 0 Å². The number of hydrogen-bond acceptors (Lipinski definition) is 3. The largest absolute Gasteiger partial charge is 0.396 e. The minimum absolute atomic E-state index is 0.0755. The van der Waals surface area contributed by atoms with Gasteiger partial charge in [0.25, 0.3) is 0 Å². The Labute approximate surface area is 93.6 Å². The zero-order chi connectivity index (χ0) is 10.9. The molecular weight excluding hydrogens is 206 g/mol. The van der Waals surface area contributed by atoms with E-state index in [2.05, 4.69) is 24.9 Å². The first-order valence-corrected chi connectivity index (χ1v) is 5.88. The van der Waals surface area contributed by atoms with Crippen LogP contribution in [0.25, 0.3) is 10.2 Å². The lowest BCUT2D eigenvalue weighted by Crippen LogP contribution is -2.19. The van der Waals surface area contributed by atoms with Crippen LogP contribution in [0.2, 0.25) is 0 Å². The third kappa shape index (κ3) is 2.36. The molecule has 2 rings (SSSR count). The number of aromatic nitrogens is 1. The van der Waals surface area contributed by atoms with E-state index in [0.717, 1.165) is 16.9 Å². The van der Waals surface area contributed by atoms with Gasteiger partial charge in [0.15, 0.2) is 0 Å². The summed E-state index contributed by atoms with van der Waals surface area (Å²) in [4.78, 5) is 4.55. The third-order valence-electron chi connectivity index (χ3n) is 2.40. The van der Waals surface area contributed by atoms with Crippen LogP contribution >= 0.6 is 11.3 Å². The Kier molecular flexibility index (Phi) is 2.76. The fourth-order valence-electron chi connectivity index (χ4n) is 1.46. The van der Waals surface area contributed by atoms with Crippen LogP contribution in [-0.4, -0.2) is 16.7 Å². The molecular formula is C12H15NOS. The lowest BCUT2D eigenvalue weighted by atomic mass is 9.91. The number of aliphatic hydroxyl groups excluding tert-OH is 1. The summed E-state index contributed by atoms with van der Waals surface area (Å²) in [5.74, 6) is 0. The number of rotatable bonds is 3. The number of para-hydroxylation sites is 1. The van der Waals surface area contributed by atoms with Gasteiger partial charge in [-0.1, -0.05) is 26.0 Å². The van der Waals surface area contributed by atoms with E-state index in [-0.39, 0.29) is 12.0 Å². The normalized spacial score (nSPS) is 12.2. The van der Waals surface area contributed by atoms with Crippen molar-refractivity contribution in [2.45, 2.75) is 20.3 Å². The van der Waals surface area contributed by atoms with E-state index < -0.39 is 0 Å². The maximum Gasteiger partial charge on any atom is 0.0944 e. The minimum atomic E-state index is -0.0755. The van der Waals surface area contributed by atoms with Gasteiger partial charge in [-0.05, 0) is 17.5 Å². The molecule has 0 unspecified atom stereocenters. The van der Waals surface area contributed by atoms with E-state index in [0.29, 0.717) is 0 Å². The molecule has 1 aromatic carbocycles. The molecule has 0 aliphatic carbocycles. The summed E-state index contributed by atoms with van der Waals surface area (Å²) >= 11 is 1.72. The van der Waals surface area contributed by atoms with Crippen LogP contribution in [0.15, 0.2) is 24.3 Å². The van der Waals surface area contributed by atoms with Crippen molar-refractivity contribution in [2.75, 3.05) is 6.61 Å². The van der Waals surface area contributed by atoms with Crippen molar-refractivity contribution >= 4 is 21.6 Å². The highest BCUT2D eigenvalue weighted by molar-refractivity contribution is 7.18. The molecule has 80 valence electrons. The second-order valence-electron chi connectivity index (χ2n) is 4.57. The quantitative estimate of drug-likeness (QED) is 0.864. The zero-order valence-corrected chi connectivity index (χ0v) is 9.84. The third-order valence-corrected chi connectivity index (χ3v) is 3.43. The molecule has 1 N–H and O–H groups in total. The fraction of sp³-hybridized carbons (Fsp3) is 0.417. The average molecular weight is 221 g/mol. The van der Waals surface area contributed by atoms with Crippen LogP contribution in [0, 0.1) is 5.41 Å². The van der Waals surface area contributed by atoms with Gasteiger partial charge in [0.2, 0.25) is 0 Å². The number of benzene rings is 1. The molecule has 0 saturated heterocycles. The van der Waals surface area contributed by atoms with Crippen molar-refractivity contribution in [1.29, 1.82) is 0 Å². The van der Waals surface area contributed by atoms with Crippen molar-refractivity contribution in [3.63, 3.8) is 0 Å². The molecule has 1 heterocycles. The van der Waals surface area contributed by atoms with E-state index >= 15 is 0 Å². The van der Waals surface area contributed by atoms with E-state index in [1.165, 1.54) is 4.70 Å². The van der Waals surface area contributed by atoms with Crippen LogP contribution in [-0.2, 0) is 6.42 Å². The van der Waals surface area contributed by atoms with Gasteiger partial charge in [-0.2, -0.15) is 0 Å². The summed E-state index contributed by atoms with van der Waals surface area (Å²) < 4.78 is 1.22. The molecule has 2 nitrogen and oxygen atoms in total. The zero-order valence-electron chi connectivity index (χ0n) is 9.03. The molecule has 0 spiro atoms.